The van der Waals surface area contributed by atoms with Gasteiger partial charge in [0.05, 0.1) is 9.35 Å². The van der Waals surface area contributed by atoms with Gasteiger partial charge in [0.15, 0.2) is 0 Å². The molecular formula is C14H18BrNO2S. The van der Waals surface area contributed by atoms with Crippen molar-refractivity contribution >= 4 is 39.1 Å². The van der Waals surface area contributed by atoms with Crippen molar-refractivity contribution in [3.05, 3.63) is 20.3 Å². The predicted molar refractivity (Wildman–Crippen MR) is 80.7 cm³/mol. The molecule has 0 bridgehead atoms. The van der Waals surface area contributed by atoms with Crippen molar-refractivity contribution < 1.29 is 9.59 Å². The number of thiophene rings is 1. The van der Waals surface area contributed by atoms with Crippen LogP contribution in [-0.4, -0.2) is 23.3 Å². The van der Waals surface area contributed by atoms with Crippen LogP contribution in [0.15, 0.2) is 9.85 Å². The summed E-state index contributed by atoms with van der Waals surface area (Å²) in [6, 6.07) is 1.76. The highest BCUT2D eigenvalue weighted by atomic mass is 79.9. The van der Waals surface area contributed by atoms with E-state index in [0.29, 0.717) is 22.9 Å². The van der Waals surface area contributed by atoms with Gasteiger partial charge in [-0.1, -0.05) is 33.1 Å². The maximum Gasteiger partial charge on any atom is 0.271 e. The van der Waals surface area contributed by atoms with Gasteiger partial charge < -0.3 is 0 Å². The number of carbonyl (C=O) groups excluding carboxylic acids is 2. The first-order chi connectivity index (χ1) is 9.08. The molecule has 0 N–H and O–H groups in total. The van der Waals surface area contributed by atoms with E-state index in [1.54, 1.807) is 6.07 Å². The number of carbonyl (C=O) groups is 2. The fourth-order valence-electron chi connectivity index (χ4n) is 2.38. The molecule has 3 nitrogen and oxygen atoms in total. The molecule has 1 aliphatic rings. The van der Waals surface area contributed by atoms with Crippen LogP contribution in [0.5, 0.6) is 0 Å². The standard InChI is InChI=1S/C14H18BrNO2S/c1-3-5-6-9(4-2)8-16-13(17)10-7-11(15)19-12(10)14(16)18/h7,9H,3-6,8H2,1-2H3. The molecule has 2 heterocycles. The number of rotatable bonds is 6. The third kappa shape index (κ3) is 2.92. The van der Waals surface area contributed by atoms with Crippen LogP contribution in [0, 0.1) is 5.92 Å². The SMILES string of the molecule is CCCCC(CC)CN1C(=O)c2cc(Br)sc2C1=O. The lowest BCUT2D eigenvalue weighted by Crippen LogP contribution is -2.34. The van der Waals surface area contributed by atoms with Gasteiger partial charge in [-0.25, -0.2) is 0 Å². The van der Waals surface area contributed by atoms with E-state index < -0.39 is 0 Å². The Hall–Kier alpha value is -0.680. The molecule has 1 atom stereocenters. The molecule has 0 aromatic carbocycles. The number of hydrogen-bond donors (Lipinski definition) is 0. The molecule has 2 amide bonds. The van der Waals surface area contributed by atoms with Gasteiger partial charge in [0, 0.05) is 6.54 Å². The zero-order valence-corrected chi connectivity index (χ0v) is 13.6. The molecule has 1 unspecified atom stereocenters. The molecule has 0 aliphatic carbocycles. The summed E-state index contributed by atoms with van der Waals surface area (Å²) in [5, 5.41) is 0. The molecule has 19 heavy (non-hydrogen) atoms. The van der Waals surface area contributed by atoms with Gasteiger partial charge in [-0.15, -0.1) is 11.3 Å². The van der Waals surface area contributed by atoms with Crippen LogP contribution in [0.4, 0.5) is 0 Å². The smallest absolute Gasteiger partial charge is 0.271 e. The van der Waals surface area contributed by atoms with Crippen molar-refractivity contribution in [2.45, 2.75) is 39.5 Å². The fourth-order valence-corrected chi connectivity index (χ4v) is 3.92. The largest absolute Gasteiger partial charge is 0.273 e. The van der Waals surface area contributed by atoms with Crippen molar-refractivity contribution in [3.8, 4) is 0 Å². The Morgan fingerprint density at radius 2 is 2.05 bits per heavy atom. The zero-order valence-electron chi connectivity index (χ0n) is 11.2. The van der Waals surface area contributed by atoms with E-state index in [1.165, 1.54) is 16.2 Å². The summed E-state index contributed by atoms with van der Waals surface area (Å²) in [6.07, 6.45) is 4.40. The van der Waals surface area contributed by atoms with E-state index in [1.807, 2.05) is 0 Å². The summed E-state index contributed by atoms with van der Waals surface area (Å²) in [4.78, 5) is 26.5. The lowest BCUT2D eigenvalue weighted by molar-refractivity contribution is 0.0625. The number of nitrogens with zero attached hydrogens (tertiary/aromatic N) is 1. The van der Waals surface area contributed by atoms with E-state index in [4.69, 9.17) is 0 Å². The average Bonchev–Trinajstić information content (AvgIpc) is 2.87. The molecule has 0 radical (unpaired) electrons. The molecule has 5 heteroatoms. The molecule has 2 rings (SSSR count). The number of unbranched alkanes of at least 4 members (excludes halogenated alkanes) is 1. The van der Waals surface area contributed by atoms with E-state index in [9.17, 15) is 9.59 Å². The zero-order chi connectivity index (χ0) is 14.0. The maximum absolute atomic E-state index is 12.2. The topological polar surface area (TPSA) is 37.4 Å². The number of amides is 2. The average molecular weight is 344 g/mol. The number of hydrogen-bond acceptors (Lipinski definition) is 3. The van der Waals surface area contributed by atoms with Crippen LogP contribution < -0.4 is 0 Å². The van der Waals surface area contributed by atoms with Crippen LogP contribution in [0.3, 0.4) is 0 Å². The van der Waals surface area contributed by atoms with Gasteiger partial charge in [-0.2, -0.15) is 0 Å². The molecule has 0 fully saturated rings. The lowest BCUT2D eigenvalue weighted by atomic mass is 9.99. The van der Waals surface area contributed by atoms with Crippen molar-refractivity contribution in [2.24, 2.45) is 5.92 Å². The van der Waals surface area contributed by atoms with E-state index in [-0.39, 0.29) is 11.8 Å². The summed E-state index contributed by atoms with van der Waals surface area (Å²) in [5.74, 6) is 0.174. The van der Waals surface area contributed by atoms with Crippen LogP contribution in [-0.2, 0) is 0 Å². The Kier molecular flexibility index (Phi) is 4.79. The highest BCUT2D eigenvalue weighted by Gasteiger charge is 2.38. The lowest BCUT2D eigenvalue weighted by Gasteiger charge is -2.21. The number of halogens is 1. The number of fused-ring (bicyclic) bond motifs is 1. The highest BCUT2D eigenvalue weighted by molar-refractivity contribution is 9.11. The minimum Gasteiger partial charge on any atom is -0.273 e. The van der Waals surface area contributed by atoms with Gasteiger partial charge >= 0.3 is 0 Å². The Bertz CT molecular complexity index is 464. The summed E-state index contributed by atoms with van der Waals surface area (Å²) in [7, 11) is 0. The van der Waals surface area contributed by atoms with Crippen LogP contribution in [0.1, 0.15) is 59.6 Å². The van der Waals surface area contributed by atoms with Crippen molar-refractivity contribution in [1.82, 2.24) is 4.90 Å². The molecule has 0 saturated carbocycles. The predicted octanol–water partition coefficient (Wildman–Crippen LogP) is 4.32. The first-order valence-corrected chi connectivity index (χ1v) is 8.34. The van der Waals surface area contributed by atoms with Crippen LogP contribution in [0.2, 0.25) is 0 Å². The van der Waals surface area contributed by atoms with E-state index >= 15 is 0 Å². The van der Waals surface area contributed by atoms with Crippen molar-refractivity contribution in [3.63, 3.8) is 0 Å². The van der Waals surface area contributed by atoms with Gasteiger partial charge in [0.1, 0.15) is 4.88 Å². The van der Waals surface area contributed by atoms with Crippen LogP contribution in [0.25, 0.3) is 0 Å². The van der Waals surface area contributed by atoms with Crippen molar-refractivity contribution in [1.29, 1.82) is 0 Å². The summed E-state index contributed by atoms with van der Waals surface area (Å²) < 4.78 is 0.844. The highest BCUT2D eigenvalue weighted by Crippen LogP contribution is 2.34. The summed E-state index contributed by atoms with van der Waals surface area (Å²) in [5.41, 5.74) is 0.562. The second-order valence-corrected chi connectivity index (χ2v) is 7.36. The Labute approximate surface area is 126 Å². The van der Waals surface area contributed by atoms with Gasteiger partial charge in [-0.3, -0.25) is 14.5 Å². The molecule has 0 saturated heterocycles. The molecule has 104 valence electrons. The third-order valence-corrected chi connectivity index (χ3v) is 5.23. The summed E-state index contributed by atoms with van der Waals surface area (Å²) in [6.45, 7) is 4.85. The first kappa shape index (κ1) is 14.7. The van der Waals surface area contributed by atoms with E-state index in [2.05, 4.69) is 29.8 Å². The second-order valence-electron chi connectivity index (χ2n) is 4.93. The molecular weight excluding hydrogens is 326 g/mol. The fraction of sp³-hybridized carbons (Fsp3) is 0.571. The monoisotopic (exact) mass is 343 g/mol. The summed E-state index contributed by atoms with van der Waals surface area (Å²) >= 11 is 4.68. The maximum atomic E-state index is 12.2. The van der Waals surface area contributed by atoms with Gasteiger partial charge in [0.25, 0.3) is 11.8 Å². The van der Waals surface area contributed by atoms with Crippen LogP contribution >= 0.6 is 27.3 Å². The second kappa shape index (κ2) is 6.18. The third-order valence-electron chi connectivity index (χ3n) is 3.60. The minimum atomic E-state index is -0.128. The minimum absolute atomic E-state index is 0.120. The Balaban J connectivity index is 2.09. The molecule has 1 aromatic rings. The molecule has 1 aliphatic heterocycles. The Morgan fingerprint density at radius 3 is 2.63 bits per heavy atom. The van der Waals surface area contributed by atoms with Gasteiger partial charge in [-0.05, 0) is 34.3 Å². The molecule has 0 spiro atoms. The van der Waals surface area contributed by atoms with Crippen molar-refractivity contribution in [2.75, 3.05) is 6.54 Å². The Morgan fingerprint density at radius 1 is 1.32 bits per heavy atom. The normalized spacial score (nSPS) is 16.1. The van der Waals surface area contributed by atoms with Gasteiger partial charge in [0.2, 0.25) is 0 Å². The van der Waals surface area contributed by atoms with E-state index in [0.717, 1.165) is 29.5 Å². The number of imide groups is 1. The molecule has 1 aromatic heterocycles. The first-order valence-electron chi connectivity index (χ1n) is 6.74. The quantitative estimate of drug-likeness (QED) is 0.721.